The predicted octanol–water partition coefficient (Wildman–Crippen LogP) is 1.09. The van der Waals surface area contributed by atoms with Crippen LogP contribution in [0.4, 0.5) is 0 Å². The van der Waals surface area contributed by atoms with E-state index in [0.717, 1.165) is 32.0 Å². The van der Waals surface area contributed by atoms with Crippen molar-refractivity contribution in [2.24, 2.45) is 5.92 Å². The lowest BCUT2D eigenvalue weighted by molar-refractivity contribution is 0.0713. The van der Waals surface area contributed by atoms with Gasteiger partial charge in [-0.15, -0.1) is 0 Å². The van der Waals surface area contributed by atoms with Crippen molar-refractivity contribution in [3.8, 4) is 0 Å². The van der Waals surface area contributed by atoms with Crippen LogP contribution in [-0.2, 0) is 4.74 Å². The van der Waals surface area contributed by atoms with Crippen molar-refractivity contribution in [3.63, 3.8) is 0 Å². The highest BCUT2D eigenvalue weighted by molar-refractivity contribution is 5.12. The minimum atomic E-state index is 0.718. The van der Waals surface area contributed by atoms with Gasteiger partial charge in [0.15, 0.2) is 0 Å². The van der Waals surface area contributed by atoms with Gasteiger partial charge in [-0.3, -0.25) is 0 Å². The summed E-state index contributed by atoms with van der Waals surface area (Å²) in [6.07, 6.45) is 1.10. The Balaban J connectivity index is 2.27. The molecule has 3 nitrogen and oxygen atoms in total. The van der Waals surface area contributed by atoms with Gasteiger partial charge in [0, 0.05) is 27.1 Å². The first-order valence-corrected chi connectivity index (χ1v) is 4.96. The van der Waals surface area contributed by atoms with E-state index in [9.17, 15) is 0 Å². The quantitative estimate of drug-likeness (QED) is 0.557. The maximum atomic E-state index is 5.69. The van der Waals surface area contributed by atoms with E-state index in [4.69, 9.17) is 4.74 Å². The molecule has 0 amide bonds. The third-order valence-electron chi connectivity index (χ3n) is 2.79. The summed E-state index contributed by atoms with van der Waals surface area (Å²) in [5.41, 5.74) is 0. The summed E-state index contributed by atoms with van der Waals surface area (Å²) in [4.78, 5) is 4.60. The largest absolute Gasteiger partial charge is 0.492 e. The van der Waals surface area contributed by atoms with Crippen molar-refractivity contribution in [1.82, 2.24) is 9.80 Å². The number of nitrogens with zero attached hydrogens (tertiary/aromatic N) is 2. The number of likely N-dealkylation sites (N-methyl/N-ethyl adjacent to an activating group) is 1. The minimum Gasteiger partial charge on any atom is -0.492 e. The van der Waals surface area contributed by atoms with Crippen molar-refractivity contribution in [2.45, 2.75) is 13.3 Å². The molecule has 0 fully saturated rings. The van der Waals surface area contributed by atoms with Crippen molar-refractivity contribution >= 4 is 0 Å². The Morgan fingerprint density at radius 1 is 1.31 bits per heavy atom. The molecule has 0 radical (unpaired) electrons. The Kier molecular flexibility index (Phi) is 2.10. The van der Waals surface area contributed by atoms with Gasteiger partial charge >= 0.3 is 0 Å². The lowest BCUT2D eigenvalue weighted by atomic mass is 10.0. The van der Waals surface area contributed by atoms with E-state index in [1.807, 2.05) is 0 Å². The van der Waals surface area contributed by atoms with Gasteiger partial charge in [-0.1, -0.05) is 6.92 Å². The number of hydrogen-bond acceptors (Lipinski definition) is 3. The van der Waals surface area contributed by atoms with Crippen LogP contribution < -0.4 is 0 Å². The molecule has 2 heterocycles. The molecule has 0 bridgehead atoms. The number of allylic oxidation sites excluding steroid dienone is 1. The van der Waals surface area contributed by atoms with E-state index in [0.29, 0.717) is 0 Å². The van der Waals surface area contributed by atoms with Crippen LogP contribution in [0, 0.1) is 5.92 Å². The summed E-state index contributed by atoms with van der Waals surface area (Å²) in [7, 11) is 4.29. The van der Waals surface area contributed by atoms with E-state index in [1.165, 1.54) is 11.6 Å². The Morgan fingerprint density at radius 3 is 2.85 bits per heavy atom. The zero-order chi connectivity index (χ0) is 9.42. The summed E-state index contributed by atoms with van der Waals surface area (Å²) < 4.78 is 5.69. The summed E-state index contributed by atoms with van der Waals surface area (Å²) in [6, 6.07) is 0. The van der Waals surface area contributed by atoms with Gasteiger partial charge in [0.2, 0.25) is 0 Å². The van der Waals surface area contributed by atoms with Crippen LogP contribution in [0.15, 0.2) is 11.6 Å². The van der Waals surface area contributed by atoms with Gasteiger partial charge in [-0.2, -0.15) is 0 Å². The van der Waals surface area contributed by atoms with Crippen LogP contribution in [0.5, 0.6) is 0 Å². The third kappa shape index (κ3) is 1.47. The smallest absolute Gasteiger partial charge is 0.142 e. The topological polar surface area (TPSA) is 15.7 Å². The molecule has 13 heavy (non-hydrogen) atoms. The zero-order valence-electron chi connectivity index (χ0n) is 8.71. The number of hydrogen-bond donors (Lipinski definition) is 0. The molecule has 2 aliphatic heterocycles. The van der Waals surface area contributed by atoms with Crippen molar-refractivity contribution < 1.29 is 4.74 Å². The summed E-state index contributed by atoms with van der Waals surface area (Å²) in [5.74, 6) is 3.20. The highest BCUT2D eigenvalue weighted by atomic mass is 16.5. The molecule has 0 saturated carbocycles. The van der Waals surface area contributed by atoms with Crippen LogP contribution in [0.2, 0.25) is 0 Å². The van der Waals surface area contributed by atoms with Gasteiger partial charge < -0.3 is 14.5 Å². The Labute approximate surface area is 80.0 Å². The van der Waals surface area contributed by atoms with E-state index in [-0.39, 0.29) is 0 Å². The molecule has 1 unspecified atom stereocenters. The van der Waals surface area contributed by atoms with Crippen LogP contribution in [0.25, 0.3) is 0 Å². The van der Waals surface area contributed by atoms with Crippen LogP contribution in [-0.4, -0.2) is 43.6 Å². The van der Waals surface area contributed by atoms with Crippen LogP contribution >= 0.6 is 0 Å². The zero-order valence-corrected chi connectivity index (χ0v) is 8.71. The normalized spacial score (nSPS) is 28.7. The molecule has 0 aromatic heterocycles. The molecule has 2 aliphatic rings. The molecule has 0 spiro atoms. The fourth-order valence-corrected chi connectivity index (χ4v) is 2.28. The van der Waals surface area contributed by atoms with Crippen molar-refractivity contribution in [1.29, 1.82) is 0 Å². The fraction of sp³-hybridized carbons (Fsp3) is 0.800. The second-order valence-electron chi connectivity index (χ2n) is 4.21. The average molecular weight is 182 g/mol. The van der Waals surface area contributed by atoms with Crippen LogP contribution in [0.1, 0.15) is 13.3 Å². The lowest BCUT2D eigenvalue weighted by Gasteiger charge is -2.41. The molecular formula is C10H18N2O. The maximum Gasteiger partial charge on any atom is 0.142 e. The highest BCUT2D eigenvalue weighted by Gasteiger charge is 2.28. The fourth-order valence-electron chi connectivity index (χ4n) is 2.28. The van der Waals surface area contributed by atoms with E-state index >= 15 is 0 Å². The molecule has 0 saturated heterocycles. The van der Waals surface area contributed by atoms with Gasteiger partial charge in [0.25, 0.3) is 0 Å². The first kappa shape index (κ1) is 8.73. The van der Waals surface area contributed by atoms with Gasteiger partial charge in [-0.05, 0) is 5.92 Å². The van der Waals surface area contributed by atoms with E-state index < -0.39 is 0 Å². The van der Waals surface area contributed by atoms with Gasteiger partial charge in [0.1, 0.15) is 18.2 Å². The number of ether oxygens (including phenoxy) is 1. The Morgan fingerprint density at radius 2 is 2.08 bits per heavy atom. The standard InChI is InChI=1S/C10H18N2O/c1-8-6-9-10(12(3)7-8)11(2)4-5-13-9/h8H,4-7H2,1-3H3. The predicted molar refractivity (Wildman–Crippen MR) is 52.0 cm³/mol. The Hall–Kier alpha value is -0.860. The average Bonchev–Trinajstić information content (AvgIpc) is 2.02. The molecule has 2 rings (SSSR count). The Bertz CT molecular complexity index is 237. The van der Waals surface area contributed by atoms with Crippen LogP contribution in [0.3, 0.4) is 0 Å². The van der Waals surface area contributed by atoms with Gasteiger partial charge in [-0.25, -0.2) is 0 Å². The lowest BCUT2D eigenvalue weighted by Crippen LogP contribution is -2.42. The molecule has 0 aromatic carbocycles. The molecule has 0 aliphatic carbocycles. The molecule has 0 aromatic rings. The first-order chi connectivity index (χ1) is 6.18. The SMILES string of the molecule is CC1CC2=C(N(C)CCO2)N(C)C1. The highest BCUT2D eigenvalue weighted by Crippen LogP contribution is 2.29. The van der Waals surface area contributed by atoms with Crippen molar-refractivity contribution in [2.75, 3.05) is 33.8 Å². The first-order valence-electron chi connectivity index (χ1n) is 4.96. The molecule has 3 heteroatoms. The molecule has 74 valence electrons. The second-order valence-corrected chi connectivity index (χ2v) is 4.21. The summed E-state index contributed by atoms with van der Waals surface area (Å²) in [6.45, 7) is 5.28. The summed E-state index contributed by atoms with van der Waals surface area (Å²) in [5, 5.41) is 0. The summed E-state index contributed by atoms with van der Waals surface area (Å²) >= 11 is 0. The van der Waals surface area contributed by atoms with Crippen molar-refractivity contribution in [3.05, 3.63) is 11.6 Å². The minimum absolute atomic E-state index is 0.718. The number of rotatable bonds is 0. The molecular weight excluding hydrogens is 164 g/mol. The van der Waals surface area contributed by atoms with E-state index in [2.05, 4.69) is 30.8 Å². The second kappa shape index (κ2) is 3.13. The van der Waals surface area contributed by atoms with Gasteiger partial charge in [0.05, 0.1) is 6.54 Å². The monoisotopic (exact) mass is 182 g/mol. The third-order valence-corrected chi connectivity index (χ3v) is 2.79. The molecule has 1 atom stereocenters. The van der Waals surface area contributed by atoms with E-state index in [1.54, 1.807) is 0 Å². The molecule has 0 N–H and O–H groups in total. The maximum absolute atomic E-state index is 5.69.